The van der Waals surface area contributed by atoms with Gasteiger partial charge in [-0.2, -0.15) is 8.78 Å². The maximum Gasteiger partial charge on any atom is 0.483 e. The van der Waals surface area contributed by atoms with Crippen molar-refractivity contribution in [2.75, 3.05) is 11.4 Å². The SMILES string of the molecule is C#CCN1C(=O)C(F)(F)Oc2cc(F)c(/N=c3\sc(=O)n4n3CCCC4)cc21. The molecule has 0 saturated heterocycles. The van der Waals surface area contributed by atoms with Crippen molar-refractivity contribution in [2.45, 2.75) is 32.0 Å². The molecule has 1 aromatic heterocycles. The summed E-state index contributed by atoms with van der Waals surface area (Å²) in [6.07, 6.45) is 2.73. The molecule has 7 nitrogen and oxygen atoms in total. The molecule has 0 atom stereocenters. The van der Waals surface area contributed by atoms with Crippen LogP contribution >= 0.6 is 11.3 Å². The predicted molar refractivity (Wildman–Crippen MR) is 94.2 cm³/mol. The van der Waals surface area contributed by atoms with Gasteiger partial charge in [-0.1, -0.05) is 5.92 Å². The second kappa shape index (κ2) is 6.56. The van der Waals surface area contributed by atoms with Gasteiger partial charge in [-0.05, 0) is 30.2 Å². The van der Waals surface area contributed by atoms with Gasteiger partial charge in [0.2, 0.25) is 4.80 Å². The number of alkyl halides is 2. The third kappa shape index (κ3) is 2.90. The minimum absolute atomic E-state index is 0.112. The van der Waals surface area contributed by atoms with Crippen LogP contribution < -0.4 is 19.3 Å². The summed E-state index contributed by atoms with van der Waals surface area (Å²) in [6.45, 7) is 0.658. The molecule has 1 aromatic carbocycles. The number of terminal acetylenes is 1. The van der Waals surface area contributed by atoms with E-state index in [1.807, 2.05) is 0 Å². The quantitative estimate of drug-likeness (QED) is 0.710. The van der Waals surface area contributed by atoms with E-state index in [2.05, 4.69) is 15.6 Å². The first kappa shape index (κ1) is 18.4. The Morgan fingerprint density at radius 3 is 2.68 bits per heavy atom. The Balaban J connectivity index is 1.87. The first-order valence-electron chi connectivity index (χ1n) is 8.33. The molecule has 0 saturated carbocycles. The van der Waals surface area contributed by atoms with Crippen molar-refractivity contribution in [3.05, 3.63) is 32.4 Å². The van der Waals surface area contributed by atoms with E-state index >= 15 is 0 Å². The van der Waals surface area contributed by atoms with Gasteiger partial charge in [0.15, 0.2) is 11.6 Å². The van der Waals surface area contributed by atoms with Crippen molar-refractivity contribution in [2.24, 2.45) is 4.99 Å². The lowest BCUT2D eigenvalue weighted by Crippen LogP contribution is -2.50. The van der Waals surface area contributed by atoms with Gasteiger partial charge in [0, 0.05) is 19.2 Å². The average molecular weight is 410 g/mol. The van der Waals surface area contributed by atoms with Gasteiger partial charge < -0.3 is 4.74 Å². The maximum absolute atomic E-state index is 14.5. The first-order chi connectivity index (χ1) is 13.3. The average Bonchev–Trinajstić information content (AvgIpc) is 2.96. The summed E-state index contributed by atoms with van der Waals surface area (Å²) < 4.78 is 49.6. The highest BCUT2D eigenvalue weighted by molar-refractivity contribution is 7.06. The maximum atomic E-state index is 14.5. The summed E-state index contributed by atoms with van der Waals surface area (Å²) in [5, 5.41) is 0. The molecule has 28 heavy (non-hydrogen) atoms. The number of amides is 1. The zero-order valence-electron chi connectivity index (χ0n) is 14.3. The van der Waals surface area contributed by atoms with E-state index in [0.29, 0.717) is 18.0 Å². The number of nitrogens with zero attached hydrogens (tertiary/aromatic N) is 4. The minimum Gasteiger partial charge on any atom is -0.423 e. The smallest absolute Gasteiger partial charge is 0.423 e. The van der Waals surface area contributed by atoms with Crippen molar-refractivity contribution >= 4 is 28.6 Å². The lowest BCUT2D eigenvalue weighted by atomic mass is 10.2. The largest absolute Gasteiger partial charge is 0.483 e. The summed E-state index contributed by atoms with van der Waals surface area (Å²) >= 11 is 0.855. The molecule has 2 aromatic rings. The van der Waals surface area contributed by atoms with Gasteiger partial charge in [0.05, 0.1) is 12.2 Å². The molecule has 0 fully saturated rings. The highest BCUT2D eigenvalue weighted by Crippen LogP contribution is 2.42. The third-order valence-corrected chi connectivity index (χ3v) is 5.28. The second-order valence-electron chi connectivity index (χ2n) is 6.20. The monoisotopic (exact) mass is 410 g/mol. The van der Waals surface area contributed by atoms with Crippen LogP contribution in [0.1, 0.15) is 12.8 Å². The number of hydrogen-bond acceptors (Lipinski definition) is 5. The summed E-state index contributed by atoms with van der Waals surface area (Å²) in [5.74, 6) is -0.971. The fraction of sp³-hybridized carbons (Fsp3) is 0.353. The van der Waals surface area contributed by atoms with E-state index in [4.69, 9.17) is 6.42 Å². The molecular weight excluding hydrogens is 397 g/mol. The van der Waals surface area contributed by atoms with Crippen LogP contribution in [0.4, 0.5) is 24.5 Å². The highest BCUT2D eigenvalue weighted by atomic mass is 32.1. The van der Waals surface area contributed by atoms with Gasteiger partial charge in [-0.3, -0.25) is 19.2 Å². The number of fused-ring (bicyclic) bond motifs is 2. The summed E-state index contributed by atoms with van der Waals surface area (Å²) in [4.78, 5) is 28.9. The fourth-order valence-corrected chi connectivity index (χ4v) is 4.02. The Morgan fingerprint density at radius 2 is 1.96 bits per heavy atom. The van der Waals surface area contributed by atoms with Crippen molar-refractivity contribution in [3.8, 4) is 18.1 Å². The van der Waals surface area contributed by atoms with Gasteiger partial charge in [-0.25, -0.2) is 14.1 Å². The van der Waals surface area contributed by atoms with Crippen LogP contribution in [0.15, 0.2) is 21.9 Å². The van der Waals surface area contributed by atoms with Gasteiger partial charge in [0.25, 0.3) is 0 Å². The van der Waals surface area contributed by atoms with Crippen molar-refractivity contribution in [1.82, 2.24) is 9.36 Å². The molecule has 2 aliphatic rings. The Kier molecular flexibility index (Phi) is 4.30. The highest BCUT2D eigenvalue weighted by Gasteiger charge is 2.50. The Morgan fingerprint density at radius 1 is 1.25 bits per heavy atom. The van der Waals surface area contributed by atoms with Crippen LogP contribution in [0.5, 0.6) is 5.75 Å². The number of carbonyl (C=O) groups excluding carboxylic acids is 1. The molecule has 11 heteroatoms. The van der Waals surface area contributed by atoms with E-state index in [1.165, 1.54) is 4.68 Å². The van der Waals surface area contributed by atoms with Crippen LogP contribution in [0.3, 0.4) is 0 Å². The second-order valence-corrected chi connectivity index (χ2v) is 7.12. The summed E-state index contributed by atoms with van der Waals surface area (Å²) in [5.41, 5.74) is -0.329. The van der Waals surface area contributed by atoms with E-state index in [1.54, 1.807) is 4.68 Å². The van der Waals surface area contributed by atoms with E-state index in [9.17, 15) is 22.8 Å². The molecule has 0 bridgehead atoms. The third-order valence-electron chi connectivity index (χ3n) is 4.41. The van der Waals surface area contributed by atoms with Gasteiger partial charge in [0.1, 0.15) is 5.69 Å². The van der Waals surface area contributed by atoms with Gasteiger partial charge >= 0.3 is 16.9 Å². The van der Waals surface area contributed by atoms with Crippen LogP contribution in [0.25, 0.3) is 0 Å². The Labute approximate surface area is 160 Å². The van der Waals surface area contributed by atoms with Crippen LogP contribution in [0, 0.1) is 18.2 Å². The number of carbonyl (C=O) groups is 1. The predicted octanol–water partition coefficient (Wildman–Crippen LogP) is 1.83. The van der Waals surface area contributed by atoms with Crippen LogP contribution in [-0.4, -0.2) is 27.9 Å². The molecular formula is C17H13F3N4O3S. The van der Waals surface area contributed by atoms with E-state index in [0.717, 1.165) is 36.3 Å². The van der Waals surface area contributed by atoms with E-state index in [-0.39, 0.29) is 21.0 Å². The molecule has 0 radical (unpaired) electrons. The number of benzene rings is 1. The summed E-state index contributed by atoms with van der Waals surface area (Å²) in [6, 6.07) is 1.84. The van der Waals surface area contributed by atoms with E-state index < -0.39 is 30.1 Å². The van der Waals surface area contributed by atoms with Crippen molar-refractivity contribution in [3.63, 3.8) is 0 Å². The number of anilines is 1. The van der Waals surface area contributed by atoms with Crippen molar-refractivity contribution < 1.29 is 22.7 Å². The molecule has 0 spiro atoms. The molecule has 3 heterocycles. The van der Waals surface area contributed by atoms with Crippen LogP contribution in [0.2, 0.25) is 0 Å². The normalized spacial score (nSPS) is 18.3. The topological polar surface area (TPSA) is 68.8 Å². The lowest BCUT2D eigenvalue weighted by molar-refractivity contribution is -0.192. The molecule has 0 N–H and O–H groups in total. The zero-order valence-corrected chi connectivity index (χ0v) is 15.1. The molecule has 0 unspecified atom stereocenters. The molecule has 1 amide bonds. The number of aromatic nitrogens is 2. The lowest BCUT2D eigenvalue weighted by Gasteiger charge is -2.32. The molecule has 4 rings (SSSR count). The zero-order chi connectivity index (χ0) is 20.1. The Bertz CT molecular complexity index is 1140. The number of rotatable bonds is 2. The number of hydrogen-bond donors (Lipinski definition) is 0. The Hall–Kier alpha value is -3.00. The molecule has 146 valence electrons. The number of halogens is 3. The molecule has 2 aliphatic heterocycles. The standard InChI is InChI=1S/C17H13F3N4O3S/c1-2-5-22-12-9-11(10(18)8-13(12)27-17(19,20)14(22)25)21-15-23-6-3-4-7-24(23)16(26)28-15/h1,8-9H,3-7H2/b21-15-. The summed E-state index contributed by atoms with van der Waals surface area (Å²) in [7, 11) is 0. The first-order valence-corrected chi connectivity index (χ1v) is 9.15. The molecule has 0 aliphatic carbocycles. The minimum atomic E-state index is -4.15. The fourth-order valence-electron chi connectivity index (χ4n) is 3.13. The van der Waals surface area contributed by atoms with Crippen LogP contribution in [-0.2, 0) is 17.9 Å². The van der Waals surface area contributed by atoms with Gasteiger partial charge in [-0.15, -0.1) is 6.42 Å². The van der Waals surface area contributed by atoms with Crippen molar-refractivity contribution in [1.29, 1.82) is 0 Å². The number of ether oxygens (including phenoxy) is 1.